The van der Waals surface area contributed by atoms with Gasteiger partial charge in [-0.2, -0.15) is 0 Å². The number of likely N-dealkylation sites (tertiary alicyclic amines) is 1. The first-order valence-electron chi connectivity index (χ1n) is 12.6. The highest BCUT2D eigenvalue weighted by Gasteiger charge is 2.35. The zero-order valence-electron chi connectivity index (χ0n) is 20.4. The first-order chi connectivity index (χ1) is 17.0. The highest BCUT2D eigenvalue weighted by atomic mass is 79.9. The number of nitrogens with zero attached hydrogens (tertiary/aromatic N) is 2. The number of hydrogen-bond donors (Lipinski definition) is 1. The van der Waals surface area contributed by atoms with Crippen molar-refractivity contribution in [1.82, 2.24) is 9.47 Å². The Morgan fingerprint density at radius 1 is 1.23 bits per heavy atom. The summed E-state index contributed by atoms with van der Waals surface area (Å²) in [5, 5.41) is 12.3. The van der Waals surface area contributed by atoms with E-state index in [0.717, 1.165) is 48.1 Å². The summed E-state index contributed by atoms with van der Waals surface area (Å²) in [5.41, 5.74) is 4.80. The SMILES string of the molecule is CCOC(=O)c1c(CSC(C)c2ccccc2)n(C2CC2)c2cc(Br)c(O)c(CN3CCCC3)c12. The second kappa shape index (κ2) is 10.6. The fourth-order valence-corrected chi connectivity index (χ4v) is 6.71. The number of esters is 1. The van der Waals surface area contributed by atoms with E-state index in [1.165, 1.54) is 18.4 Å². The molecule has 7 heteroatoms. The van der Waals surface area contributed by atoms with Gasteiger partial charge in [0.2, 0.25) is 0 Å². The summed E-state index contributed by atoms with van der Waals surface area (Å²) in [4.78, 5) is 15.9. The number of carbonyl (C=O) groups is 1. The normalized spacial score (nSPS) is 17.2. The minimum Gasteiger partial charge on any atom is -0.506 e. The summed E-state index contributed by atoms with van der Waals surface area (Å²) in [5.74, 6) is 0.653. The van der Waals surface area contributed by atoms with Crippen LogP contribution in [-0.2, 0) is 17.0 Å². The molecule has 1 N–H and O–H groups in total. The van der Waals surface area contributed by atoms with Gasteiger partial charge in [-0.25, -0.2) is 4.79 Å². The van der Waals surface area contributed by atoms with Crippen LogP contribution in [0.25, 0.3) is 10.9 Å². The molecule has 0 bridgehead atoms. The Bertz CT molecular complexity index is 1220. The summed E-state index contributed by atoms with van der Waals surface area (Å²) >= 11 is 5.45. The van der Waals surface area contributed by atoms with Crippen molar-refractivity contribution in [3.63, 3.8) is 0 Å². The molecule has 2 aromatic carbocycles. The van der Waals surface area contributed by atoms with Crippen LogP contribution in [0.15, 0.2) is 40.9 Å². The monoisotopic (exact) mass is 556 g/mol. The van der Waals surface area contributed by atoms with E-state index in [0.29, 0.717) is 40.2 Å². The van der Waals surface area contributed by atoms with Gasteiger partial charge in [0.15, 0.2) is 0 Å². The lowest BCUT2D eigenvalue weighted by Gasteiger charge is -2.18. The van der Waals surface area contributed by atoms with Crippen LogP contribution in [-0.4, -0.2) is 40.2 Å². The number of phenolic OH excluding ortho intramolecular Hbond substituents is 1. The van der Waals surface area contributed by atoms with Crippen molar-refractivity contribution in [2.24, 2.45) is 0 Å². The number of aromatic nitrogens is 1. The molecule has 1 aromatic heterocycles. The second-order valence-corrected chi connectivity index (χ2v) is 11.8. The van der Waals surface area contributed by atoms with Crippen LogP contribution in [0.4, 0.5) is 0 Å². The van der Waals surface area contributed by atoms with E-state index in [-0.39, 0.29) is 11.7 Å². The summed E-state index contributed by atoms with van der Waals surface area (Å²) in [7, 11) is 0. The van der Waals surface area contributed by atoms with Gasteiger partial charge in [-0.1, -0.05) is 30.3 Å². The Morgan fingerprint density at radius 2 is 1.94 bits per heavy atom. The molecule has 1 saturated heterocycles. The predicted molar refractivity (Wildman–Crippen MR) is 146 cm³/mol. The Hall–Kier alpha value is -1.96. The van der Waals surface area contributed by atoms with Crippen LogP contribution in [0.5, 0.6) is 5.75 Å². The third-order valence-corrected chi connectivity index (χ3v) is 8.95. The van der Waals surface area contributed by atoms with Crippen LogP contribution in [0.1, 0.15) is 78.0 Å². The van der Waals surface area contributed by atoms with Crippen LogP contribution in [0.3, 0.4) is 0 Å². The number of aromatic hydroxyl groups is 1. The Balaban J connectivity index is 1.65. The minimum atomic E-state index is -0.288. The lowest BCUT2D eigenvalue weighted by molar-refractivity contribution is 0.0527. The van der Waals surface area contributed by atoms with E-state index in [1.807, 2.05) is 30.8 Å². The van der Waals surface area contributed by atoms with Gasteiger partial charge in [0, 0.05) is 40.2 Å². The number of thioether (sulfide) groups is 1. The van der Waals surface area contributed by atoms with Crippen LogP contribution >= 0.6 is 27.7 Å². The summed E-state index contributed by atoms with van der Waals surface area (Å²) in [6.45, 7) is 7.06. The highest BCUT2D eigenvalue weighted by Crippen LogP contribution is 2.47. The average molecular weight is 558 g/mol. The van der Waals surface area contributed by atoms with Crippen molar-refractivity contribution >= 4 is 44.6 Å². The van der Waals surface area contributed by atoms with Gasteiger partial charge in [-0.05, 0) is 80.2 Å². The Labute approximate surface area is 220 Å². The van der Waals surface area contributed by atoms with Crippen molar-refractivity contribution in [2.75, 3.05) is 19.7 Å². The molecule has 1 aliphatic heterocycles. The molecule has 2 fully saturated rings. The van der Waals surface area contributed by atoms with Gasteiger partial charge in [-0.3, -0.25) is 4.90 Å². The molecule has 3 aromatic rings. The maximum atomic E-state index is 13.5. The molecule has 2 aliphatic rings. The predicted octanol–water partition coefficient (Wildman–Crippen LogP) is 7.21. The highest BCUT2D eigenvalue weighted by molar-refractivity contribution is 9.10. The molecule has 186 valence electrons. The van der Waals surface area contributed by atoms with E-state index in [1.54, 1.807) is 0 Å². The number of benzene rings is 2. The molecule has 35 heavy (non-hydrogen) atoms. The first-order valence-corrected chi connectivity index (χ1v) is 14.5. The third-order valence-electron chi connectivity index (χ3n) is 7.13. The van der Waals surface area contributed by atoms with E-state index >= 15 is 0 Å². The Kier molecular flexibility index (Phi) is 7.47. The van der Waals surface area contributed by atoms with Gasteiger partial charge in [0.05, 0.1) is 22.2 Å². The van der Waals surface area contributed by atoms with E-state index in [2.05, 4.69) is 56.6 Å². The van der Waals surface area contributed by atoms with E-state index in [4.69, 9.17) is 4.74 Å². The fraction of sp³-hybridized carbons (Fsp3) is 0.464. The lowest BCUT2D eigenvalue weighted by atomic mass is 10.0. The molecular weight excluding hydrogens is 524 g/mol. The minimum absolute atomic E-state index is 0.236. The molecule has 1 atom stereocenters. The molecule has 5 rings (SSSR count). The molecule has 0 amide bonds. The quantitative estimate of drug-likeness (QED) is 0.282. The van der Waals surface area contributed by atoms with Crippen molar-refractivity contribution in [3.8, 4) is 5.75 Å². The number of halogens is 1. The summed E-state index contributed by atoms with van der Waals surface area (Å²) < 4.78 is 8.66. The molecule has 2 heterocycles. The number of fused-ring (bicyclic) bond motifs is 1. The zero-order valence-corrected chi connectivity index (χ0v) is 22.8. The smallest absolute Gasteiger partial charge is 0.340 e. The van der Waals surface area contributed by atoms with E-state index < -0.39 is 0 Å². The van der Waals surface area contributed by atoms with E-state index in [9.17, 15) is 9.90 Å². The maximum absolute atomic E-state index is 13.5. The van der Waals surface area contributed by atoms with Crippen LogP contribution < -0.4 is 0 Å². The molecule has 0 radical (unpaired) electrons. The summed E-state index contributed by atoms with van der Waals surface area (Å²) in [6.07, 6.45) is 4.56. The largest absolute Gasteiger partial charge is 0.506 e. The van der Waals surface area contributed by atoms with Gasteiger partial charge >= 0.3 is 5.97 Å². The number of carbonyl (C=O) groups excluding carboxylic acids is 1. The molecule has 5 nitrogen and oxygen atoms in total. The lowest BCUT2D eigenvalue weighted by Crippen LogP contribution is -2.19. The van der Waals surface area contributed by atoms with Crippen LogP contribution in [0.2, 0.25) is 0 Å². The number of hydrogen-bond acceptors (Lipinski definition) is 5. The Morgan fingerprint density at radius 3 is 2.60 bits per heavy atom. The molecule has 1 unspecified atom stereocenters. The number of phenols is 1. The molecule has 0 spiro atoms. The topological polar surface area (TPSA) is 54.7 Å². The first kappa shape index (κ1) is 24.7. The fourth-order valence-electron chi connectivity index (χ4n) is 5.21. The molecule has 1 aliphatic carbocycles. The number of ether oxygens (including phenoxy) is 1. The maximum Gasteiger partial charge on any atom is 0.340 e. The molecule has 1 saturated carbocycles. The standard InChI is InChI=1S/C28H33BrN2O3S/c1-3-34-28(33)26-24(17-35-18(2)19-9-5-4-6-10-19)31(20-11-12-20)23-15-22(29)27(32)21(25(23)26)16-30-13-7-8-14-30/h4-6,9-10,15,18,20,32H,3,7-8,11-14,16-17H2,1-2H3. The van der Waals surface area contributed by atoms with Crippen molar-refractivity contribution < 1.29 is 14.6 Å². The summed E-state index contributed by atoms with van der Waals surface area (Å²) in [6, 6.07) is 12.9. The molecular formula is C28H33BrN2O3S. The van der Waals surface area contributed by atoms with Gasteiger partial charge in [0.1, 0.15) is 5.75 Å². The average Bonchev–Trinajstić information content (AvgIpc) is 3.46. The second-order valence-electron chi connectivity index (χ2n) is 9.57. The third kappa shape index (κ3) is 5.00. The van der Waals surface area contributed by atoms with Crippen molar-refractivity contribution in [3.05, 3.63) is 63.3 Å². The van der Waals surface area contributed by atoms with Crippen LogP contribution in [0, 0.1) is 0 Å². The zero-order chi connectivity index (χ0) is 24.5. The van der Waals surface area contributed by atoms with Gasteiger partial charge in [0.25, 0.3) is 0 Å². The van der Waals surface area contributed by atoms with Gasteiger partial charge in [-0.15, -0.1) is 11.8 Å². The van der Waals surface area contributed by atoms with Crippen molar-refractivity contribution in [1.29, 1.82) is 0 Å². The number of rotatable bonds is 9. The van der Waals surface area contributed by atoms with Crippen molar-refractivity contribution in [2.45, 2.75) is 63.1 Å². The van der Waals surface area contributed by atoms with Gasteiger partial charge < -0.3 is 14.4 Å².